The van der Waals surface area contributed by atoms with Crippen molar-refractivity contribution < 1.29 is 27.8 Å². The summed E-state index contributed by atoms with van der Waals surface area (Å²) in [6.45, 7) is 0.660. The number of carbonyl (C=O) groups is 1. The maximum atomic E-state index is 14.8. The third-order valence-electron chi connectivity index (χ3n) is 8.86. The zero-order valence-electron chi connectivity index (χ0n) is 27.6. The number of nitrogens with zero attached hydrogens (tertiary/aromatic N) is 1. The van der Waals surface area contributed by atoms with E-state index < -0.39 is 27.4 Å². The van der Waals surface area contributed by atoms with Crippen molar-refractivity contribution in [1.29, 1.82) is 0 Å². The second kappa shape index (κ2) is 16.0. The minimum Gasteiger partial charge on any atom is -0.494 e. The molecule has 8 nitrogen and oxygen atoms in total. The molecule has 9 heteroatoms. The van der Waals surface area contributed by atoms with Gasteiger partial charge in [0.25, 0.3) is 5.91 Å². The summed E-state index contributed by atoms with van der Waals surface area (Å²) < 4.78 is 39.6. The molecule has 0 saturated heterocycles. The number of hydrogen-bond acceptors (Lipinski definition) is 7. The van der Waals surface area contributed by atoms with Crippen LogP contribution in [-0.2, 0) is 19.4 Å². The van der Waals surface area contributed by atoms with Crippen molar-refractivity contribution in [1.82, 2.24) is 5.32 Å². The summed E-state index contributed by atoms with van der Waals surface area (Å²) in [7, 11) is -3.78. The van der Waals surface area contributed by atoms with Gasteiger partial charge in [-0.2, -0.15) is 0 Å². The molecule has 0 aliphatic carbocycles. The normalized spacial score (nSPS) is 17.2. The molecule has 2 N–H and O–H groups in total. The highest BCUT2D eigenvalue weighted by Gasteiger charge is 2.53. The first-order valence-corrected chi connectivity index (χ1v) is 18.4. The molecule has 1 amide bonds. The molecule has 1 heterocycles. The van der Waals surface area contributed by atoms with Crippen LogP contribution < -0.4 is 10.1 Å². The maximum Gasteiger partial charge on any atom is 0.252 e. The van der Waals surface area contributed by atoms with Gasteiger partial charge in [-0.05, 0) is 53.1 Å². The van der Waals surface area contributed by atoms with Gasteiger partial charge in [-0.25, -0.2) is 13.4 Å². The number of nitrogens with one attached hydrogen (secondary N) is 1. The highest BCUT2D eigenvalue weighted by molar-refractivity contribution is 7.91. The van der Waals surface area contributed by atoms with E-state index in [9.17, 15) is 13.2 Å². The van der Waals surface area contributed by atoms with E-state index in [1.807, 2.05) is 91.0 Å². The summed E-state index contributed by atoms with van der Waals surface area (Å²) in [5.74, 6) is -0.0649. The number of benzene rings is 5. The van der Waals surface area contributed by atoms with Crippen molar-refractivity contribution in [2.75, 3.05) is 25.5 Å². The fraction of sp³-hybridized carbons (Fsp3) is 0.220. The van der Waals surface area contributed by atoms with E-state index in [0.29, 0.717) is 29.9 Å². The van der Waals surface area contributed by atoms with Crippen LogP contribution in [0.1, 0.15) is 47.1 Å². The Morgan fingerprint density at radius 1 is 0.800 bits per heavy atom. The van der Waals surface area contributed by atoms with Crippen molar-refractivity contribution >= 4 is 21.6 Å². The van der Waals surface area contributed by atoms with Crippen LogP contribution in [-0.4, -0.2) is 56.4 Å². The number of sulfone groups is 1. The average molecular weight is 689 g/mol. The Morgan fingerprint density at radius 2 is 1.36 bits per heavy atom. The highest BCUT2D eigenvalue weighted by atomic mass is 32.2. The van der Waals surface area contributed by atoms with E-state index >= 15 is 0 Å². The number of carbonyl (C=O) groups excluding carboxylic acids is 1. The summed E-state index contributed by atoms with van der Waals surface area (Å²) in [6.07, 6.45) is -0.519. The van der Waals surface area contributed by atoms with E-state index in [2.05, 4.69) is 5.32 Å². The van der Waals surface area contributed by atoms with E-state index in [-0.39, 0.29) is 42.0 Å². The zero-order chi connectivity index (χ0) is 34.8. The predicted molar refractivity (Wildman–Crippen MR) is 194 cm³/mol. The number of aliphatic imine (C=N–C) groups is 1. The van der Waals surface area contributed by atoms with Crippen LogP contribution in [0.4, 0.5) is 0 Å². The Morgan fingerprint density at radius 3 is 1.94 bits per heavy atom. The third-order valence-corrected chi connectivity index (χ3v) is 10.6. The molecule has 1 aliphatic heterocycles. The highest BCUT2D eigenvalue weighted by Crippen LogP contribution is 2.43. The van der Waals surface area contributed by atoms with Gasteiger partial charge in [0.15, 0.2) is 21.5 Å². The standard InChI is InChI=1S/C41H40N2O6S/c44-27-13-28-48-35-24-22-34(23-25-35)39-43-41(38(49-39)33-18-9-3-10-19-33,26-29-50(46,47)36-20-11-4-12-21-36)40(45)42-30-37(31-14-5-1-6-15-31)32-16-7-2-8-17-32/h1-12,14-25,37-38,44H,13,26-30H2,(H,42,45)/t38-,41-/m1/s1. The summed E-state index contributed by atoms with van der Waals surface area (Å²) in [5.41, 5.74) is 1.77. The van der Waals surface area contributed by atoms with Gasteiger partial charge >= 0.3 is 0 Å². The molecule has 1 aliphatic rings. The Labute approximate surface area is 293 Å². The number of aliphatic hydroxyl groups is 1. The van der Waals surface area contributed by atoms with Crippen LogP contribution in [0.2, 0.25) is 0 Å². The van der Waals surface area contributed by atoms with Gasteiger partial charge in [-0.1, -0.05) is 109 Å². The first-order valence-electron chi connectivity index (χ1n) is 16.7. The zero-order valence-corrected chi connectivity index (χ0v) is 28.4. The Balaban J connectivity index is 1.39. The molecule has 0 bridgehead atoms. The first-order chi connectivity index (χ1) is 24.4. The quantitative estimate of drug-likeness (QED) is 0.121. The van der Waals surface area contributed by atoms with Crippen molar-refractivity contribution in [2.45, 2.75) is 35.3 Å². The molecule has 0 saturated carbocycles. The van der Waals surface area contributed by atoms with Crippen molar-refractivity contribution in [2.24, 2.45) is 4.99 Å². The number of amides is 1. The molecular formula is C41H40N2O6S. The minimum atomic E-state index is -3.78. The molecule has 5 aromatic rings. The molecule has 0 aromatic heterocycles. The molecular weight excluding hydrogens is 649 g/mol. The van der Waals surface area contributed by atoms with Crippen LogP contribution in [0, 0.1) is 0 Å². The van der Waals surface area contributed by atoms with Crippen molar-refractivity contribution in [3.63, 3.8) is 0 Å². The van der Waals surface area contributed by atoms with E-state index in [1.165, 1.54) is 0 Å². The fourth-order valence-corrected chi connectivity index (χ4v) is 7.57. The van der Waals surface area contributed by atoms with Crippen LogP contribution >= 0.6 is 0 Å². The summed E-state index contributed by atoms with van der Waals surface area (Å²) in [6, 6.07) is 44.7. The minimum absolute atomic E-state index is 0.0329. The molecule has 0 fully saturated rings. The lowest BCUT2D eigenvalue weighted by molar-refractivity contribution is -0.129. The first kappa shape index (κ1) is 34.6. The molecule has 6 rings (SSSR count). The second-order valence-corrected chi connectivity index (χ2v) is 14.3. The average Bonchev–Trinajstić information content (AvgIpc) is 3.57. The molecule has 0 unspecified atom stereocenters. The monoisotopic (exact) mass is 688 g/mol. The topological polar surface area (TPSA) is 114 Å². The van der Waals surface area contributed by atoms with Crippen LogP contribution in [0.25, 0.3) is 0 Å². The molecule has 50 heavy (non-hydrogen) atoms. The second-order valence-electron chi connectivity index (χ2n) is 12.2. The number of rotatable bonds is 15. The maximum absolute atomic E-state index is 14.8. The van der Waals surface area contributed by atoms with Crippen LogP contribution in [0.15, 0.2) is 155 Å². The Kier molecular flexibility index (Phi) is 11.1. The summed E-state index contributed by atoms with van der Waals surface area (Å²) >= 11 is 0. The fourth-order valence-electron chi connectivity index (χ4n) is 6.18. The smallest absolute Gasteiger partial charge is 0.252 e. The molecule has 256 valence electrons. The van der Waals surface area contributed by atoms with Gasteiger partial charge in [-0.15, -0.1) is 0 Å². The van der Waals surface area contributed by atoms with Crippen molar-refractivity contribution in [3.05, 3.63) is 168 Å². The third kappa shape index (κ3) is 7.96. The Hall–Kier alpha value is -5.25. The van der Waals surface area contributed by atoms with E-state index in [1.54, 1.807) is 54.6 Å². The lowest BCUT2D eigenvalue weighted by atomic mass is 9.84. The SMILES string of the molecule is O=C(NCC(c1ccccc1)c1ccccc1)[C@]1(CCS(=O)(=O)c2ccccc2)N=C(c2ccc(OCCCO)cc2)O[C@@H]1c1ccccc1. The molecule has 2 atom stereocenters. The van der Waals surface area contributed by atoms with E-state index in [0.717, 1.165) is 11.1 Å². The lowest BCUT2D eigenvalue weighted by Crippen LogP contribution is -2.50. The van der Waals surface area contributed by atoms with Crippen molar-refractivity contribution in [3.8, 4) is 5.75 Å². The van der Waals surface area contributed by atoms with Crippen LogP contribution in [0.5, 0.6) is 5.75 Å². The summed E-state index contributed by atoms with van der Waals surface area (Å²) in [4.78, 5) is 20.0. The van der Waals surface area contributed by atoms with Crippen LogP contribution in [0.3, 0.4) is 0 Å². The lowest BCUT2D eigenvalue weighted by Gasteiger charge is -2.31. The van der Waals surface area contributed by atoms with Gasteiger partial charge in [0.2, 0.25) is 5.90 Å². The Bertz CT molecular complexity index is 1930. The van der Waals surface area contributed by atoms with Gasteiger partial charge in [-0.3, -0.25) is 4.79 Å². The van der Waals surface area contributed by atoms with Gasteiger partial charge in [0, 0.05) is 37.5 Å². The van der Waals surface area contributed by atoms with Gasteiger partial charge in [0.05, 0.1) is 17.3 Å². The molecule has 0 spiro atoms. The number of ether oxygens (including phenoxy) is 2. The predicted octanol–water partition coefficient (Wildman–Crippen LogP) is 6.52. The van der Waals surface area contributed by atoms with Gasteiger partial charge in [0.1, 0.15) is 5.75 Å². The largest absolute Gasteiger partial charge is 0.494 e. The van der Waals surface area contributed by atoms with E-state index in [4.69, 9.17) is 19.6 Å². The number of hydrogen-bond donors (Lipinski definition) is 2. The summed E-state index contributed by atoms with van der Waals surface area (Å²) in [5, 5.41) is 12.3. The van der Waals surface area contributed by atoms with Gasteiger partial charge < -0.3 is 19.9 Å². The molecule has 5 aromatic carbocycles. The molecule has 0 radical (unpaired) electrons. The number of aliphatic hydroxyl groups excluding tert-OH is 1.